The number of rotatable bonds is 8. The number of nitrogens with two attached hydrogens (primary N) is 1. The Hall–Kier alpha value is -0.910. The molecule has 0 heterocycles. The van der Waals surface area contributed by atoms with Crippen LogP contribution in [0.15, 0.2) is 30.3 Å². The van der Waals surface area contributed by atoms with E-state index in [1.54, 1.807) is 0 Å². The standard InChI is InChI=1S/C15H26N2O2S/c1-4-15(16,5-2)12-17-20(18,19)11-13(3)14-9-7-6-8-10-14/h6-10,13,17H,4-5,11-12,16H2,1-3H3. The summed E-state index contributed by atoms with van der Waals surface area (Å²) in [6.07, 6.45) is 1.50. The fourth-order valence-electron chi connectivity index (χ4n) is 2.02. The summed E-state index contributed by atoms with van der Waals surface area (Å²) >= 11 is 0. The third-order valence-corrected chi connectivity index (χ3v) is 5.41. The zero-order valence-electron chi connectivity index (χ0n) is 12.6. The summed E-state index contributed by atoms with van der Waals surface area (Å²) in [4.78, 5) is 0. The van der Waals surface area contributed by atoms with Crippen LogP contribution in [0.25, 0.3) is 0 Å². The largest absolute Gasteiger partial charge is 0.324 e. The van der Waals surface area contributed by atoms with Gasteiger partial charge in [-0.3, -0.25) is 0 Å². The maximum atomic E-state index is 12.1. The first kappa shape index (κ1) is 17.1. The lowest BCUT2D eigenvalue weighted by molar-refractivity contribution is 0.391. The highest BCUT2D eigenvalue weighted by Gasteiger charge is 2.24. The van der Waals surface area contributed by atoms with Crippen LogP contribution in [0, 0.1) is 0 Å². The Morgan fingerprint density at radius 3 is 2.25 bits per heavy atom. The summed E-state index contributed by atoms with van der Waals surface area (Å²) in [6.45, 7) is 6.17. The summed E-state index contributed by atoms with van der Waals surface area (Å²) in [5, 5.41) is 0. The first-order chi connectivity index (χ1) is 9.32. The van der Waals surface area contributed by atoms with Crippen LogP contribution in [-0.2, 0) is 10.0 Å². The topological polar surface area (TPSA) is 72.2 Å². The molecule has 114 valence electrons. The third-order valence-electron chi connectivity index (χ3n) is 3.89. The van der Waals surface area contributed by atoms with Gasteiger partial charge in [-0.15, -0.1) is 0 Å². The van der Waals surface area contributed by atoms with Crippen LogP contribution in [0.1, 0.15) is 45.1 Å². The van der Waals surface area contributed by atoms with Crippen LogP contribution in [-0.4, -0.2) is 26.3 Å². The number of benzene rings is 1. The summed E-state index contributed by atoms with van der Waals surface area (Å²) in [5.74, 6) is 0.0460. The van der Waals surface area contributed by atoms with Gasteiger partial charge in [0.15, 0.2) is 0 Å². The monoisotopic (exact) mass is 298 g/mol. The molecule has 0 saturated carbocycles. The predicted octanol–water partition coefficient (Wildman–Crippen LogP) is 2.23. The van der Waals surface area contributed by atoms with Gasteiger partial charge in [0, 0.05) is 12.1 Å². The summed E-state index contributed by atoms with van der Waals surface area (Å²) in [7, 11) is -3.31. The van der Waals surface area contributed by atoms with Crippen molar-refractivity contribution in [2.75, 3.05) is 12.3 Å². The zero-order chi connectivity index (χ0) is 15.2. The number of sulfonamides is 1. The molecule has 1 unspecified atom stereocenters. The molecule has 4 nitrogen and oxygen atoms in total. The van der Waals surface area contributed by atoms with Gasteiger partial charge in [-0.2, -0.15) is 0 Å². The molecule has 0 amide bonds. The molecule has 0 aliphatic heterocycles. The van der Waals surface area contributed by atoms with Gasteiger partial charge in [0.2, 0.25) is 10.0 Å². The second kappa shape index (κ2) is 7.20. The van der Waals surface area contributed by atoms with Gasteiger partial charge in [0.05, 0.1) is 5.75 Å². The quantitative estimate of drug-likeness (QED) is 0.773. The fourth-order valence-corrected chi connectivity index (χ4v) is 3.50. The number of hydrogen-bond donors (Lipinski definition) is 2. The van der Waals surface area contributed by atoms with Crippen molar-refractivity contribution < 1.29 is 8.42 Å². The zero-order valence-corrected chi connectivity index (χ0v) is 13.4. The summed E-state index contributed by atoms with van der Waals surface area (Å²) in [5.41, 5.74) is 6.69. The molecule has 0 aromatic heterocycles. The molecule has 20 heavy (non-hydrogen) atoms. The highest BCUT2D eigenvalue weighted by Crippen LogP contribution is 2.17. The lowest BCUT2D eigenvalue weighted by atomic mass is 9.95. The molecular weight excluding hydrogens is 272 g/mol. The number of hydrogen-bond acceptors (Lipinski definition) is 3. The molecule has 1 rings (SSSR count). The molecule has 0 spiro atoms. The van der Waals surface area contributed by atoms with Gasteiger partial charge in [-0.25, -0.2) is 13.1 Å². The first-order valence-corrected chi connectivity index (χ1v) is 8.78. The second-order valence-electron chi connectivity index (χ2n) is 5.48. The molecule has 0 fully saturated rings. The summed E-state index contributed by atoms with van der Waals surface area (Å²) in [6, 6.07) is 9.67. The molecule has 0 aliphatic rings. The van der Waals surface area contributed by atoms with Crippen LogP contribution in [0.3, 0.4) is 0 Å². The van der Waals surface area contributed by atoms with Crippen molar-refractivity contribution in [1.29, 1.82) is 0 Å². The van der Waals surface area contributed by atoms with E-state index < -0.39 is 15.6 Å². The van der Waals surface area contributed by atoms with Crippen LogP contribution in [0.2, 0.25) is 0 Å². The predicted molar refractivity (Wildman–Crippen MR) is 84.1 cm³/mol. The molecule has 5 heteroatoms. The van der Waals surface area contributed by atoms with Crippen molar-refractivity contribution >= 4 is 10.0 Å². The van der Waals surface area contributed by atoms with E-state index in [2.05, 4.69) is 4.72 Å². The highest BCUT2D eigenvalue weighted by atomic mass is 32.2. The molecule has 0 radical (unpaired) electrons. The van der Waals surface area contributed by atoms with Crippen molar-refractivity contribution in [2.24, 2.45) is 5.73 Å². The van der Waals surface area contributed by atoms with E-state index in [-0.39, 0.29) is 11.7 Å². The minimum absolute atomic E-state index is 0.0378. The van der Waals surface area contributed by atoms with Gasteiger partial charge in [-0.1, -0.05) is 51.1 Å². The fraction of sp³-hybridized carbons (Fsp3) is 0.600. The molecule has 1 atom stereocenters. The van der Waals surface area contributed by atoms with E-state index in [4.69, 9.17) is 5.73 Å². The van der Waals surface area contributed by atoms with Crippen molar-refractivity contribution in [3.8, 4) is 0 Å². The Morgan fingerprint density at radius 2 is 1.75 bits per heavy atom. The van der Waals surface area contributed by atoms with E-state index in [1.165, 1.54) is 0 Å². The SMILES string of the molecule is CCC(N)(CC)CNS(=O)(=O)CC(C)c1ccccc1. The second-order valence-corrected chi connectivity index (χ2v) is 7.34. The Bertz CT molecular complexity index is 496. The molecule has 3 N–H and O–H groups in total. The molecule has 1 aromatic carbocycles. The first-order valence-electron chi connectivity index (χ1n) is 7.13. The average molecular weight is 298 g/mol. The minimum atomic E-state index is -3.31. The molecule has 0 saturated heterocycles. The molecular formula is C15H26N2O2S. The van der Waals surface area contributed by atoms with Gasteiger partial charge in [0.25, 0.3) is 0 Å². The van der Waals surface area contributed by atoms with E-state index in [1.807, 2.05) is 51.1 Å². The maximum Gasteiger partial charge on any atom is 0.212 e. The Morgan fingerprint density at radius 1 is 1.20 bits per heavy atom. The minimum Gasteiger partial charge on any atom is -0.324 e. The average Bonchev–Trinajstić information content (AvgIpc) is 2.45. The molecule has 0 aliphatic carbocycles. The van der Waals surface area contributed by atoms with E-state index in [0.29, 0.717) is 6.54 Å². The van der Waals surface area contributed by atoms with Crippen LogP contribution < -0.4 is 10.5 Å². The molecule has 0 bridgehead atoms. The van der Waals surface area contributed by atoms with Crippen LogP contribution in [0.5, 0.6) is 0 Å². The molecule has 1 aromatic rings. The van der Waals surface area contributed by atoms with Crippen molar-refractivity contribution in [3.63, 3.8) is 0 Å². The van der Waals surface area contributed by atoms with E-state index in [0.717, 1.165) is 18.4 Å². The van der Waals surface area contributed by atoms with Gasteiger partial charge in [0.1, 0.15) is 0 Å². The maximum absolute atomic E-state index is 12.1. The van der Waals surface area contributed by atoms with E-state index in [9.17, 15) is 8.42 Å². The van der Waals surface area contributed by atoms with Crippen molar-refractivity contribution in [2.45, 2.75) is 45.1 Å². The van der Waals surface area contributed by atoms with E-state index >= 15 is 0 Å². The van der Waals surface area contributed by atoms with Gasteiger partial charge >= 0.3 is 0 Å². The summed E-state index contributed by atoms with van der Waals surface area (Å²) < 4.78 is 26.9. The number of nitrogens with one attached hydrogen (secondary N) is 1. The lowest BCUT2D eigenvalue weighted by Gasteiger charge is -2.27. The highest BCUT2D eigenvalue weighted by molar-refractivity contribution is 7.89. The third kappa shape index (κ3) is 5.23. The smallest absolute Gasteiger partial charge is 0.212 e. The van der Waals surface area contributed by atoms with Gasteiger partial charge in [-0.05, 0) is 24.3 Å². The van der Waals surface area contributed by atoms with Crippen molar-refractivity contribution in [3.05, 3.63) is 35.9 Å². The normalized spacial score (nSPS) is 14.2. The Balaban J connectivity index is 2.62. The van der Waals surface area contributed by atoms with Crippen LogP contribution in [0.4, 0.5) is 0 Å². The van der Waals surface area contributed by atoms with Gasteiger partial charge < -0.3 is 5.73 Å². The lowest BCUT2D eigenvalue weighted by Crippen LogP contribution is -2.49. The Labute approximate surface area is 122 Å². The Kier molecular flexibility index (Phi) is 6.17. The van der Waals surface area contributed by atoms with Crippen molar-refractivity contribution in [1.82, 2.24) is 4.72 Å². The van der Waals surface area contributed by atoms with Crippen LogP contribution >= 0.6 is 0 Å².